The fraction of sp³-hybridized carbons (Fsp3) is 0.379. The Morgan fingerprint density at radius 2 is 1.85 bits per heavy atom. The predicted octanol–water partition coefficient (Wildman–Crippen LogP) is 2.35. The molecule has 0 aliphatic carbocycles. The molecule has 39 heavy (non-hydrogen) atoms. The molecule has 3 N–H and O–H groups in total. The third kappa shape index (κ3) is 5.07. The molecule has 5 rings (SSSR count). The first-order chi connectivity index (χ1) is 18.7. The van der Waals surface area contributed by atoms with Gasteiger partial charge < -0.3 is 25.3 Å². The Morgan fingerprint density at radius 3 is 2.49 bits per heavy atom. The second-order valence-electron chi connectivity index (χ2n) is 10.5. The van der Waals surface area contributed by atoms with Gasteiger partial charge in [-0.1, -0.05) is 56.3 Å². The topological polar surface area (TPSA) is 123 Å². The highest BCUT2D eigenvalue weighted by Gasteiger charge is 2.50. The van der Waals surface area contributed by atoms with Crippen molar-refractivity contribution >= 4 is 29.1 Å². The lowest BCUT2D eigenvalue weighted by Crippen LogP contribution is -2.57. The van der Waals surface area contributed by atoms with Crippen LogP contribution in [-0.4, -0.2) is 73.6 Å². The third-order valence-corrected chi connectivity index (χ3v) is 8.46. The van der Waals surface area contributed by atoms with Crippen LogP contribution in [0.1, 0.15) is 41.0 Å². The molecule has 2 aliphatic rings. The van der Waals surface area contributed by atoms with Gasteiger partial charge in [-0.2, -0.15) is 0 Å². The normalized spacial score (nSPS) is 21.4. The lowest BCUT2D eigenvalue weighted by Gasteiger charge is -2.35. The van der Waals surface area contributed by atoms with Crippen LogP contribution >= 0.6 is 11.3 Å². The molecule has 3 amide bonds. The zero-order valence-electron chi connectivity index (χ0n) is 22.1. The van der Waals surface area contributed by atoms with Crippen LogP contribution in [0.4, 0.5) is 0 Å². The quantitative estimate of drug-likeness (QED) is 0.417. The van der Waals surface area contributed by atoms with Crippen molar-refractivity contribution in [1.82, 2.24) is 20.1 Å². The summed E-state index contributed by atoms with van der Waals surface area (Å²) < 4.78 is 0. The van der Waals surface area contributed by atoms with Gasteiger partial charge in [0.1, 0.15) is 18.2 Å². The summed E-state index contributed by atoms with van der Waals surface area (Å²) in [4.78, 5) is 48.4. The lowest BCUT2D eigenvalue weighted by atomic mass is 10.00. The van der Waals surface area contributed by atoms with Crippen LogP contribution in [0, 0.1) is 12.8 Å². The zero-order chi connectivity index (χ0) is 27.8. The van der Waals surface area contributed by atoms with Gasteiger partial charge in [-0.05, 0) is 35.6 Å². The first kappa shape index (κ1) is 27.0. The molecule has 9 nitrogen and oxygen atoms in total. The van der Waals surface area contributed by atoms with Gasteiger partial charge >= 0.3 is 0 Å². The number of benzene rings is 2. The number of aryl methyl sites for hydroxylation is 1. The summed E-state index contributed by atoms with van der Waals surface area (Å²) in [5.41, 5.74) is 6.04. The van der Waals surface area contributed by atoms with Crippen molar-refractivity contribution in [3.8, 4) is 10.4 Å². The van der Waals surface area contributed by atoms with Gasteiger partial charge in [-0.15, -0.1) is 11.3 Å². The average Bonchev–Trinajstić information content (AvgIpc) is 3.58. The van der Waals surface area contributed by atoms with Crippen molar-refractivity contribution in [3.05, 3.63) is 76.4 Å². The number of nitrogens with one attached hydrogen (secondary N) is 1. The molecule has 1 saturated heterocycles. The second kappa shape index (κ2) is 10.9. The molecule has 4 atom stereocenters. The summed E-state index contributed by atoms with van der Waals surface area (Å²) in [7, 11) is 0. The number of hydrogen-bond acceptors (Lipinski definition) is 7. The maximum atomic E-state index is 13.9. The van der Waals surface area contributed by atoms with E-state index < -0.39 is 36.1 Å². The van der Waals surface area contributed by atoms with Gasteiger partial charge in [0, 0.05) is 18.7 Å². The van der Waals surface area contributed by atoms with Crippen molar-refractivity contribution < 1.29 is 24.6 Å². The number of carbonyl (C=O) groups is 3. The molecular formula is C29H32N4O5S. The SMILES string of the molecule is Cc1ncsc1-c1ccc(CNC(=O)[C@@H]2[C@@H](O)[C@@H](O)CN2C(=O)[C@H](C(C)C)N2Cc3ccccc3C2=O)cc1. The Hall–Kier alpha value is -3.60. The van der Waals surface area contributed by atoms with Crippen LogP contribution in [-0.2, 0) is 22.7 Å². The number of amides is 3. The summed E-state index contributed by atoms with van der Waals surface area (Å²) in [6.45, 7) is 5.92. The minimum atomic E-state index is -1.44. The van der Waals surface area contributed by atoms with Gasteiger partial charge in [-0.3, -0.25) is 14.4 Å². The van der Waals surface area contributed by atoms with E-state index in [0.717, 1.165) is 27.3 Å². The summed E-state index contributed by atoms with van der Waals surface area (Å²) in [6, 6.07) is 12.9. The van der Waals surface area contributed by atoms with E-state index in [1.807, 2.05) is 57.2 Å². The minimum Gasteiger partial charge on any atom is -0.388 e. The number of β-amino-alcohol motifs (C(OH)–C–C–N with tert-alkyl or cyclic N) is 1. The first-order valence-corrected chi connectivity index (χ1v) is 13.9. The number of fused-ring (bicyclic) bond motifs is 1. The number of hydrogen-bond donors (Lipinski definition) is 3. The van der Waals surface area contributed by atoms with E-state index in [0.29, 0.717) is 5.56 Å². The Bertz CT molecular complexity index is 1390. The Kier molecular flexibility index (Phi) is 7.53. The van der Waals surface area contributed by atoms with Crippen molar-refractivity contribution in [2.24, 2.45) is 5.92 Å². The highest BCUT2D eigenvalue weighted by Crippen LogP contribution is 2.31. The van der Waals surface area contributed by atoms with Crippen LogP contribution in [0.3, 0.4) is 0 Å². The van der Waals surface area contributed by atoms with Crippen molar-refractivity contribution in [2.75, 3.05) is 6.54 Å². The van der Waals surface area contributed by atoms with E-state index in [4.69, 9.17) is 0 Å². The summed E-state index contributed by atoms with van der Waals surface area (Å²) in [6.07, 6.45) is -2.71. The van der Waals surface area contributed by atoms with Crippen LogP contribution in [0.25, 0.3) is 10.4 Å². The van der Waals surface area contributed by atoms with Crippen LogP contribution in [0.5, 0.6) is 0 Å². The van der Waals surface area contributed by atoms with E-state index in [2.05, 4.69) is 10.3 Å². The molecule has 0 unspecified atom stereocenters. The second-order valence-corrected chi connectivity index (χ2v) is 11.3. The highest BCUT2D eigenvalue weighted by molar-refractivity contribution is 7.13. The summed E-state index contributed by atoms with van der Waals surface area (Å²) >= 11 is 1.56. The fourth-order valence-electron chi connectivity index (χ4n) is 5.44. The highest BCUT2D eigenvalue weighted by atomic mass is 32.1. The van der Waals surface area contributed by atoms with Crippen molar-refractivity contribution in [2.45, 2.75) is 58.2 Å². The first-order valence-electron chi connectivity index (χ1n) is 13.0. The van der Waals surface area contributed by atoms with Gasteiger partial charge in [0.25, 0.3) is 5.91 Å². The Labute approximate surface area is 231 Å². The molecule has 1 fully saturated rings. The summed E-state index contributed by atoms with van der Waals surface area (Å²) in [5, 5.41) is 23.9. The number of aromatic nitrogens is 1. The fourth-order valence-corrected chi connectivity index (χ4v) is 6.25. The number of aliphatic hydroxyl groups is 2. The van der Waals surface area contributed by atoms with Crippen LogP contribution < -0.4 is 5.32 Å². The van der Waals surface area contributed by atoms with Gasteiger partial charge in [0.2, 0.25) is 11.8 Å². The van der Waals surface area contributed by atoms with E-state index in [1.165, 1.54) is 9.80 Å². The van der Waals surface area contributed by atoms with Crippen LogP contribution in [0.15, 0.2) is 54.0 Å². The standard InChI is InChI=1S/C29H32N4O5S/c1-16(2)23(32-13-20-6-4-5-7-21(20)28(32)37)29(38)33-14-22(34)25(35)24(33)27(36)30-12-18-8-10-19(11-9-18)26-17(3)31-15-39-26/h4-11,15-16,22-25,34-35H,12-14H2,1-3H3,(H,30,36)/t22-,23-,24-,25-/m0/s1. The monoisotopic (exact) mass is 548 g/mol. The molecule has 10 heteroatoms. The molecule has 0 saturated carbocycles. The molecule has 1 aromatic heterocycles. The van der Waals surface area contributed by atoms with E-state index in [9.17, 15) is 24.6 Å². The molecule has 2 aliphatic heterocycles. The third-order valence-electron chi connectivity index (χ3n) is 7.49. The number of carbonyl (C=O) groups excluding carboxylic acids is 3. The predicted molar refractivity (Wildman–Crippen MR) is 147 cm³/mol. The Morgan fingerprint density at radius 1 is 1.13 bits per heavy atom. The smallest absolute Gasteiger partial charge is 0.255 e. The summed E-state index contributed by atoms with van der Waals surface area (Å²) in [5.74, 6) is -1.52. The molecule has 204 valence electrons. The average molecular weight is 549 g/mol. The number of thiazole rings is 1. The number of likely N-dealkylation sites (tertiary alicyclic amines) is 1. The van der Waals surface area contributed by atoms with Gasteiger partial charge in [0.05, 0.1) is 28.7 Å². The zero-order valence-corrected chi connectivity index (χ0v) is 22.9. The molecule has 3 aromatic rings. The van der Waals surface area contributed by atoms with E-state index in [1.54, 1.807) is 29.0 Å². The number of rotatable bonds is 7. The lowest BCUT2D eigenvalue weighted by molar-refractivity contribution is -0.145. The number of aliphatic hydroxyl groups excluding tert-OH is 2. The molecule has 0 bridgehead atoms. The van der Waals surface area contributed by atoms with Gasteiger partial charge in [0.15, 0.2) is 0 Å². The number of nitrogens with zero attached hydrogens (tertiary/aromatic N) is 3. The van der Waals surface area contributed by atoms with Crippen molar-refractivity contribution in [3.63, 3.8) is 0 Å². The Balaban J connectivity index is 1.30. The largest absolute Gasteiger partial charge is 0.388 e. The molecule has 3 heterocycles. The molecule has 2 aromatic carbocycles. The molecule has 0 radical (unpaired) electrons. The van der Waals surface area contributed by atoms with E-state index in [-0.39, 0.29) is 31.5 Å². The van der Waals surface area contributed by atoms with E-state index >= 15 is 0 Å². The molecular weight excluding hydrogens is 516 g/mol. The van der Waals surface area contributed by atoms with Gasteiger partial charge in [-0.25, -0.2) is 4.98 Å². The maximum absolute atomic E-state index is 13.9. The minimum absolute atomic E-state index is 0.190. The van der Waals surface area contributed by atoms with Crippen molar-refractivity contribution in [1.29, 1.82) is 0 Å². The maximum Gasteiger partial charge on any atom is 0.255 e. The molecule has 0 spiro atoms. The van der Waals surface area contributed by atoms with Crippen LogP contribution in [0.2, 0.25) is 0 Å².